The lowest BCUT2D eigenvalue weighted by Crippen LogP contribution is -2.42. The molecule has 1 saturated heterocycles. The maximum atomic E-state index is 13.1. The summed E-state index contributed by atoms with van der Waals surface area (Å²) in [4.78, 5) is 41.3. The van der Waals surface area contributed by atoms with Crippen molar-refractivity contribution in [1.82, 2.24) is 10.2 Å². The van der Waals surface area contributed by atoms with Crippen molar-refractivity contribution in [2.45, 2.75) is 46.2 Å². The first-order valence-electron chi connectivity index (χ1n) is 10.5. The number of nitrogens with one attached hydrogen (secondary N) is 2. The molecule has 0 bridgehead atoms. The average Bonchev–Trinajstić information content (AvgIpc) is 2.93. The van der Waals surface area contributed by atoms with E-state index in [2.05, 4.69) is 36.3 Å². The number of amides is 4. The van der Waals surface area contributed by atoms with Crippen LogP contribution in [0.15, 0.2) is 48.5 Å². The number of nitrogens with zero attached hydrogens (tertiary/aromatic N) is 2. The molecule has 1 aliphatic heterocycles. The van der Waals surface area contributed by atoms with E-state index in [1.54, 1.807) is 6.92 Å². The summed E-state index contributed by atoms with van der Waals surface area (Å²) in [6.07, 6.45) is 0. The number of aryl methyl sites for hydroxylation is 1. The number of rotatable bonds is 7. The molecular formula is C24H30N4O3. The van der Waals surface area contributed by atoms with Crippen LogP contribution in [0.4, 0.5) is 16.2 Å². The number of imide groups is 1. The van der Waals surface area contributed by atoms with Crippen LogP contribution in [-0.2, 0) is 15.1 Å². The highest BCUT2D eigenvalue weighted by Crippen LogP contribution is 2.30. The summed E-state index contributed by atoms with van der Waals surface area (Å²) < 4.78 is 0. The molecule has 7 nitrogen and oxygen atoms in total. The Morgan fingerprint density at radius 1 is 1.13 bits per heavy atom. The minimum Gasteiger partial charge on any atom is -0.369 e. The summed E-state index contributed by atoms with van der Waals surface area (Å²) >= 11 is 0. The van der Waals surface area contributed by atoms with Crippen molar-refractivity contribution < 1.29 is 14.4 Å². The Labute approximate surface area is 183 Å². The third kappa shape index (κ3) is 4.40. The van der Waals surface area contributed by atoms with E-state index in [0.29, 0.717) is 11.7 Å². The van der Waals surface area contributed by atoms with Crippen molar-refractivity contribution in [1.29, 1.82) is 0 Å². The smallest absolute Gasteiger partial charge is 0.325 e. The summed E-state index contributed by atoms with van der Waals surface area (Å²) in [5.41, 5.74) is 2.11. The van der Waals surface area contributed by atoms with Crippen LogP contribution in [0.5, 0.6) is 0 Å². The molecule has 1 fully saturated rings. The Bertz CT molecular complexity index is 987. The minimum absolute atomic E-state index is 0.346. The quantitative estimate of drug-likeness (QED) is 0.668. The lowest BCUT2D eigenvalue weighted by Gasteiger charge is -2.27. The van der Waals surface area contributed by atoms with Crippen molar-refractivity contribution in [2.24, 2.45) is 0 Å². The summed E-state index contributed by atoms with van der Waals surface area (Å²) in [7, 11) is 0. The molecule has 4 amide bonds. The molecule has 3 rings (SSSR count). The normalized spacial score (nSPS) is 18.3. The zero-order chi connectivity index (χ0) is 22.8. The highest BCUT2D eigenvalue weighted by Gasteiger charge is 2.49. The van der Waals surface area contributed by atoms with Gasteiger partial charge in [-0.1, -0.05) is 24.3 Å². The largest absolute Gasteiger partial charge is 0.369 e. The number of carbonyl (C=O) groups excluding carboxylic acids is 3. The second-order valence-electron chi connectivity index (χ2n) is 8.24. The maximum Gasteiger partial charge on any atom is 0.325 e. The van der Waals surface area contributed by atoms with Crippen molar-refractivity contribution in [3.05, 3.63) is 59.7 Å². The van der Waals surface area contributed by atoms with Gasteiger partial charge in [-0.3, -0.25) is 14.5 Å². The first kappa shape index (κ1) is 22.3. The van der Waals surface area contributed by atoms with Crippen LogP contribution in [0.1, 0.15) is 38.8 Å². The van der Waals surface area contributed by atoms with Gasteiger partial charge < -0.3 is 15.5 Å². The maximum absolute atomic E-state index is 13.1. The Balaban J connectivity index is 1.69. The topological polar surface area (TPSA) is 81.8 Å². The van der Waals surface area contributed by atoms with Crippen molar-refractivity contribution in [2.75, 3.05) is 23.3 Å². The summed E-state index contributed by atoms with van der Waals surface area (Å²) in [5.74, 6) is -0.866. The Kier molecular flexibility index (Phi) is 6.34. The van der Waals surface area contributed by atoms with Gasteiger partial charge in [-0.05, 0) is 70.0 Å². The van der Waals surface area contributed by atoms with E-state index in [9.17, 15) is 14.4 Å². The Morgan fingerprint density at radius 2 is 1.77 bits per heavy atom. The molecule has 31 heavy (non-hydrogen) atoms. The molecule has 2 aromatic rings. The van der Waals surface area contributed by atoms with Gasteiger partial charge in [0.2, 0.25) is 5.91 Å². The molecule has 1 heterocycles. The molecule has 164 valence electrons. The molecule has 1 aliphatic rings. The van der Waals surface area contributed by atoms with E-state index in [-0.39, 0.29) is 6.54 Å². The molecule has 0 aliphatic carbocycles. The fourth-order valence-corrected chi connectivity index (χ4v) is 4.08. The molecule has 2 aromatic carbocycles. The number of urea groups is 1. The molecular weight excluding hydrogens is 392 g/mol. The van der Waals surface area contributed by atoms with E-state index >= 15 is 0 Å². The molecule has 7 heteroatoms. The number of hydrogen-bond donors (Lipinski definition) is 2. The van der Waals surface area contributed by atoms with Crippen molar-refractivity contribution in [3.63, 3.8) is 0 Å². The van der Waals surface area contributed by atoms with E-state index in [4.69, 9.17) is 0 Å². The minimum atomic E-state index is -1.19. The van der Waals surface area contributed by atoms with Gasteiger partial charge >= 0.3 is 6.03 Å². The summed E-state index contributed by atoms with van der Waals surface area (Å²) in [5, 5.41) is 5.52. The molecule has 0 aromatic heterocycles. The van der Waals surface area contributed by atoms with Crippen LogP contribution < -0.4 is 15.5 Å². The first-order valence-corrected chi connectivity index (χ1v) is 10.5. The van der Waals surface area contributed by atoms with Gasteiger partial charge in [0.15, 0.2) is 0 Å². The van der Waals surface area contributed by atoms with Gasteiger partial charge in [0.05, 0.1) is 0 Å². The highest BCUT2D eigenvalue weighted by molar-refractivity contribution is 6.10. The first-order chi connectivity index (χ1) is 14.7. The Hall–Kier alpha value is -3.35. The van der Waals surface area contributed by atoms with Gasteiger partial charge in [0.1, 0.15) is 12.1 Å². The molecule has 1 atom stereocenters. The predicted octanol–water partition coefficient (Wildman–Crippen LogP) is 3.64. The molecule has 2 N–H and O–H groups in total. The third-order valence-electron chi connectivity index (χ3n) is 5.71. The predicted molar refractivity (Wildman–Crippen MR) is 122 cm³/mol. The number of hydrogen-bond acceptors (Lipinski definition) is 4. The lowest BCUT2D eigenvalue weighted by molar-refractivity contribution is -0.133. The van der Waals surface area contributed by atoms with E-state index in [1.165, 1.54) is 0 Å². The number of anilines is 2. The third-order valence-corrected chi connectivity index (χ3v) is 5.71. The van der Waals surface area contributed by atoms with E-state index in [0.717, 1.165) is 28.3 Å². The van der Waals surface area contributed by atoms with Crippen LogP contribution in [0.2, 0.25) is 0 Å². The van der Waals surface area contributed by atoms with Crippen molar-refractivity contribution >= 4 is 29.2 Å². The summed E-state index contributed by atoms with van der Waals surface area (Å²) in [6.45, 7) is 10.4. The zero-order valence-electron chi connectivity index (χ0n) is 18.7. The van der Waals surface area contributed by atoms with Crippen LogP contribution in [-0.4, -0.2) is 41.9 Å². The second kappa shape index (κ2) is 8.79. The van der Waals surface area contributed by atoms with Gasteiger partial charge in [-0.15, -0.1) is 0 Å². The van der Waals surface area contributed by atoms with E-state index in [1.807, 2.05) is 55.5 Å². The molecule has 0 radical (unpaired) electrons. The van der Waals surface area contributed by atoms with Gasteiger partial charge in [-0.2, -0.15) is 0 Å². The zero-order valence-corrected chi connectivity index (χ0v) is 18.7. The van der Waals surface area contributed by atoms with Crippen molar-refractivity contribution in [3.8, 4) is 0 Å². The average molecular weight is 423 g/mol. The van der Waals surface area contributed by atoms with Gasteiger partial charge in [0, 0.05) is 24.0 Å². The fraction of sp³-hybridized carbons (Fsp3) is 0.375. The highest BCUT2D eigenvalue weighted by atomic mass is 16.2. The standard InChI is InChI=1S/C24H30N4O3/c1-6-27(16(2)3)19-13-11-18(12-14-19)25-21(29)15-28-22(30)24(5,26-23(28)31)20-10-8-7-9-17(20)4/h7-14,16H,6,15H2,1-5H3,(H,25,29)(H,26,31). The Morgan fingerprint density at radius 3 is 2.35 bits per heavy atom. The van der Waals surface area contributed by atoms with E-state index < -0.39 is 23.4 Å². The fourth-order valence-electron chi connectivity index (χ4n) is 4.08. The number of carbonyl (C=O) groups is 3. The van der Waals surface area contributed by atoms with Crippen LogP contribution in [0, 0.1) is 6.92 Å². The second-order valence-corrected chi connectivity index (χ2v) is 8.24. The lowest BCUT2D eigenvalue weighted by atomic mass is 9.88. The van der Waals surface area contributed by atoms with Gasteiger partial charge in [0.25, 0.3) is 5.91 Å². The number of benzene rings is 2. The molecule has 1 unspecified atom stereocenters. The summed E-state index contributed by atoms with van der Waals surface area (Å²) in [6, 6.07) is 14.7. The monoisotopic (exact) mass is 422 g/mol. The molecule has 0 spiro atoms. The molecule has 0 saturated carbocycles. The van der Waals surface area contributed by atoms with Crippen LogP contribution >= 0.6 is 0 Å². The SMILES string of the molecule is CCN(c1ccc(NC(=O)CN2C(=O)NC(C)(c3ccccc3C)C2=O)cc1)C(C)C. The van der Waals surface area contributed by atoms with Crippen LogP contribution in [0.25, 0.3) is 0 Å². The van der Waals surface area contributed by atoms with Crippen LogP contribution in [0.3, 0.4) is 0 Å². The van der Waals surface area contributed by atoms with Gasteiger partial charge in [-0.25, -0.2) is 4.79 Å².